The summed E-state index contributed by atoms with van der Waals surface area (Å²) in [7, 11) is 0. The Labute approximate surface area is 127 Å². The molecular formula is C16H23Cl2N. The average molecular weight is 300 g/mol. The number of benzene rings is 1. The summed E-state index contributed by atoms with van der Waals surface area (Å²) in [6.07, 6.45) is 2.41. The number of hydrogen-bond acceptors (Lipinski definition) is 1. The molecule has 2 unspecified atom stereocenters. The van der Waals surface area contributed by atoms with Gasteiger partial charge in [0.2, 0.25) is 0 Å². The molecule has 0 aromatic heterocycles. The van der Waals surface area contributed by atoms with E-state index in [2.05, 4.69) is 38.2 Å². The Morgan fingerprint density at radius 1 is 1.37 bits per heavy atom. The van der Waals surface area contributed by atoms with Crippen LogP contribution in [-0.2, 0) is 6.42 Å². The summed E-state index contributed by atoms with van der Waals surface area (Å²) in [5, 5.41) is 4.60. The average Bonchev–Trinajstić information content (AvgIpc) is 2.71. The van der Waals surface area contributed by atoms with E-state index >= 15 is 0 Å². The van der Waals surface area contributed by atoms with Crippen molar-refractivity contribution in [1.29, 1.82) is 0 Å². The molecule has 3 rings (SSSR count). The van der Waals surface area contributed by atoms with Gasteiger partial charge < -0.3 is 5.32 Å². The summed E-state index contributed by atoms with van der Waals surface area (Å²) in [6, 6.07) is 4.58. The molecule has 0 spiro atoms. The maximum absolute atomic E-state index is 6.64. The first-order valence-electron chi connectivity index (χ1n) is 7.05. The Bertz CT molecular complexity index is 484. The molecule has 1 fully saturated rings. The lowest BCUT2D eigenvalue weighted by Gasteiger charge is -2.37. The second-order valence-electron chi connectivity index (χ2n) is 6.53. The van der Waals surface area contributed by atoms with Gasteiger partial charge in [0.1, 0.15) is 0 Å². The summed E-state index contributed by atoms with van der Waals surface area (Å²) in [5.74, 6) is 1.16. The normalized spacial score (nSPS) is 28.8. The van der Waals surface area contributed by atoms with E-state index in [0.29, 0.717) is 17.3 Å². The van der Waals surface area contributed by atoms with E-state index in [0.717, 1.165) is 24.5 Å². The molecule has 2 atom stereocenters. The van der Waals surface area contributed by atoms with Crippen molar-refractivity contribution in [3.8, 4) is 0 Å². The fourth-order valence-electron chi connectivity index (χ4n) is 3.71. The van der Waals surface area contributed by atoms with Gasteiger partial charge in [-0.3, -0.25) is 0 Å². The van der Waals surface area contributed by atoms with Crippen molar-refractivity contribution in [2.45, 2.75) is 45.4 Å². The van der Waals surface area contributed by atoms with Crippen LogP contribution in [0.1, 0.15) is 55.7 Å². The standard InChI is InChI=1S/C16H22ClN.ClH/c1-10(2)11-4-5-12-13(15(11)17)6-7-16(3)9-18-8-14(12)16;/h4-5,10,14,18H,6-9H2,1-3H3;1H. The number of rotatable bonds is 1. The molecule has 1 saturated heterocycles. The highest BCUT2D eigenvalue weighted by Crippen LogP contribution is 2.49. The Morgan fingerprint density at radius 2 is 2.11 bits per heavy atom. The van der Waals surface area contributed by atoms with Crippen molar-refractivity contribution in [3.05, 3.63) is 33.8 Å². The summed E-state index contributed by atoms with van der Waals surface area (Å²) < 4.78 is 0. The molecule has 2 aliphatic rings. The Hall–Kier alpha value is -0.240. The van der Waals surface area contributed by atoms with Crippen LogP contribution < -0.4 is 5.32 Å². The van der Waals surface area contributed by atoms with Crippen molar-refractivity contribution in [2.24, 2.45) is 5.41 Å². The zero-order valence-electron chi connectivity index (χ0n) is 11.9. The molecule has 1 aliphatic carbocycles. The molecule has 0 radical (unpaired) electrons. The highest BCUT2D eigenvalue weighted by molar-refractivity contribution is 6.32. The third kappa shape index (κ3) is 2.30. The predicted molar refractivity (Wildman–Crippen MR) is 84.8 cm³/mol. The Balaban J connectivity index is 0.00000133. The van der Waals surface area contributed by atoms with Gasteiger partial charge in [-0.2, -0.15) is 0 Å². The molecule has 1 nitrogen and oxygen atoms in total. The van der Waals surface area contributed by atoms with Crippen LogP contribution in [-0.4, -0.2) is 13.1 Å². The number of halogens is 2. The molecule has 0 amide bonds. The zero-order valence-corrected chi connectivity index (χ0v) is 13.5. The molecule has 1 N–H and O–H groups in total. The molecule has 1 aliphatic heterocycles. The van der Waals surface area contributed by atoms with Crippen molar-refractivity contribution >= 4 is 24.0 Å². The van der Waals surface area contributed by atoms with Gasteiger partial charge in [0.15, 0.2) is 0 Å². The van der Waals surface area contributed by atoms with Crippen molar-refractivity contribution < 1.29 is 0 Å². The van der Waals surface area contributed by atoms with Crippen LogP contribution in [0, 0.1) is 5.41 Å². The Kier molecular flexibility index (Phi) is 4.21. The molecule has 3 heteroatoms. The van der Waals surface area contributed by atoms with E-state index < -0.39 is 0 Å². The van der Waals surface area contributed by atoms with Gasteiger partial charge in [0.25, 0.3) is 0 Å². The lowest BCUT2D eigenvalue weighted by atomic mass is 9.66. The SMILES string of the molecule is CC(C)c1ccc2c(c1Cl)CCC1(C)CNCC21.Cl. The second-order valence-corrected chi connectivity index (χ2v) is 6.91. The van der Waals surface area contributed by atoms with Crippen LogP contribution >= 0.6 is 24.0 Å². The molecule has 0 saturated carbocycles. The minimum Gasteiger partial charge on any atom is -0.316 e. The summed E-state index contributed by atoms with van der Waals surface area (Å²) >= 11 is 6.64. The molecule has 1 heterocycles. The monoisotopic (exact) mass is 299 g/mol. The van der Waals surface area contributed by atoms with Gasteiger partial charge in [0, 0.05) is 24.0 Å². The van der Waals surface area contributed by atoms with Crippen LogP contribution in [0.15, 0.2) is 12.1 Å². The van der Waals surface area contributed by atoms with Crippen molar-refractivity contribution in [1.82, 2.24) is 5.32 Å². The maximum Gasteiger partial charge on any atom is 0.0475 e. The van der Waals surface area contributed by atoms with Gasteiger partial charge in [-0.05, 0) is 40.9 Å². The second kappa shape index (κ2) is 5.27. The van der Waals surface area contributed by atoms with Crippen molar-refractivity contribution in [2.75, 3.05) is 13.1 Å². The van der Waals surface area contributed by atoms with Crippen LogP contribution in [0.2, 0.25) is 5.02 Å². The number of hydrogen-bond donors (Lipinski definition) is 1. The largest absolute Gasteiger partial charge is 0.316 e. The molecule has 0 bridgehead atoms. The number of fused-ring (bicyclic) bond motifs is 3. The molecule has 1 aromatic rings. The van der Waals surface area contributed by atoms with E-state index in [1.54, 1.807) is 0 Å². The van der Waals surface area contributed by atoms with Gasteiger partial charge >= 0.3 is 0 Å². The summed E-state index contributed by atoms with van der Waals surface area (Å²) in [6.45, 7) is 9.13. The molecular weight excluding hydrogens is 277 g/mol. The first-order chi connectivity index (χ1) is 8.53. The Morgan fingerprint density at radius 3 is 2.79 bits per heavy atom. The molecule has 19 heavy (non-hydrogen) atoms. The third-order valence-electron chi connectivity index (χ3n) is 4.97. The van der Waals surface area contributed by atoms with Crippen LogP contribution in [0.25, 0.3) is 0 Å². The van der Waals surface area contributed by atoms with Gasteiger partial charge in [0.05, 0.1) is 0 Å². The molecule has 106 valence electrons. The van der Waals surface area contributed by atoms with Crippen LogP contribution in [0.5, 0.6) is 0 Å². The lowest BCUT2D eigenvalue weighted by molar-refractivity contribution is 0.277. The van der Waals surface area contributed by atoms with Gasteiger partial charge in [-0.1, -0.05) is 44.5 Å². The maximum atomic E-state index is 6.64. The minimum atomic E-state index is 0. The smallest absolute Gasteiger partial charge is 0.0475 e. The third-order valence-corrected chi connectivity index (χ3v) is 5.42. The summed E-state index contributed by atoms with van der Waals surface area (Å²) in [4.78, 5) is 0. The minimum absolute atomic E-state index is 0. The van der Waals surface area contributed by atoms with Gasteiger partial charge in [-0.15, -0.1) is 12.4 Å². The van der Waals surface area contributed by atoms with E-state index in [1.807, 2.05) is 0 Å². The first kappa shape index (κ1) is 15.2. The molecule has 1 aromatic carbocycles. The first-order valence-corrected chi connectivity index (χ1v) is 7.42. The fraction of sp³-hybridized carbons (Fsp3) is 0.625. The fourth-order valence-corrected chi connectivity index (χ4v) is 4.20. The van der Waals surface area contributed by atoms with E-state index in [9.17, 15) is 0 Å². The highest BCUT2D eigenvalue weighted by atomic mass is 35.5. The number of nitrogens with one attached hydrogen (secondary N) is 1. The summed E-state index contributed by atoms with van der Waals surface area (Å²) in [5.41, 5.74) is 4.68. The van der Waals surface area contributed by atoms with E-state index in [4.69, 9.17) is 11.6 Å². The van der Waals surface area contributed by atoms with Crippen LogP contribution in [0.4, 0.5) is 0 Å². The van der Waals surface area contributed by atoms with Crippen LogP contribution in [0.3, 0.4) is 0 Å². The quantitative estimate of drug-likeness (QED) is 0.804. The zero-order chi connectivity index (χ0) is 12.9. The topological polar surface area (TPSA) is 12.0 Å². The van der Waals surface area contributed by atoms with E-state index in [1.165, 1.54) is 23.1 Å². The highest BCUT2D eigenvalue weighted by Gasteiger charge is 2.43. The predicted octanol–water partition coefficient (Wildman–Crippen LogP) is 4.52. The van der Waals surface area contributed by atoms with E-state index in [-0.39, 0.29) is 12.4 Å². The lowest BCUT2D eigenvalue weighted by Crippen LogP contribution is -2.30. The van der Waals surface area contributed by atoms with Gasteiger partial charge in [-0.25, -0.2) is 0 Å². The van der Waals surface area contributed by atoms with Crippen molar-refractivity contribution in [3.63, 3.8) is 0 Å².